The van der Waals surface area contributed by atoms with E-state index in [1.165, 1.54) is 6.07 Å². The number of rotatable bonds is 3. The summed E-state index contributed by atoms with van der Waals surface area (Å²) in [5.41, 5.74) is 0.0816. The van der Waals surface area contributed by atoms with Crippen LogP contribution < -0.4 is 0 Å². The van der Waals surface area contributed by atoms with E-state index in [0.29, 0.717) is 38.2 Å². The van der Waals surface area contributed by atoms with Gasteiger partial charge in [0, 0.05) is 25.0 Å². The number of carbonyl (C=O) groups excluding carboxylic acids is 2. The number of halogens is 1. The zero-order valence-corrected chi connectivity index (χ0v) is 15.6. The Balaban J connectivity index is 1.44. The topological polar surface area (TPSA) is 72.2 Å². The highest BCUT2D eigenvalue weighted by Crippen LogP contribution is 2.26. The third-order valence-corrected chi connectivity index (χ3v) is 5.26. The Morgan fingerprint density at radius 3 is 2.79 bits per heavy atom. The van der Waals surface area contributed by atoms with Crippen LogP contribution in [0, 0.1) is 5.82 Å². The molecule has 0 unspecified atom stereocenters. The van der Waals surface area contributed by atoms with Crippen LogP contribution in [0.2, 0.25) is 0 Å². The van der Waals surface area contributed by atoms with Crippen molar-refractivity contribution in [2.75, 3.05) is 39.5 Å². The number of nitrogens with zero attached hydrogens (tertiary/aromatic N) is 2. The molecule has 2 aromatic rings. The second-order valence-electron chi connectivity index (χ2n) is 7.09. The molecule has 0 saturated carbocycles. The maximum atomic E-state index is 13.9. The molecule has 0 radical (unpaired) electrons. The van der Waals surface area contributed by atoms with Crippen LogP contribution in [0.5, 0.6) is 0 Å². The highest BCUT2D eigenvalue weighted by Gasteiger charge is 2.31. The van der Waals surface area contributed by atoms with Gasteiger partial charge in [-0.25, -0.2) is 9.18 Å². The maximum Gasteiger partial charge on any atom is 0.409 e. The number of hydrogen-bond acceptors (Lipinski definition) is 5. The summed E-state index contributed by atoms with van der Waals surface area (Å²) in [5, 5.41) is 0.552. The van der Waals surface area contributed by atoms with Crippen molar-refractivity contribution in [3.8, 4) is 0 Å². The Labute approximate surface area is 162 Å². The van der Waals surface area contributed by atoms with Crippen LogP contribution in [-0.4, -0.2) is 67.3 Å². The fourth-order valence-electron chi connectivity index (χ4n) is 3.72. The summed E-state index contributed by atoms with van der Waals surface area (Å²) in [4.78, 5) is 28.5. The summed E-state index contributed by atoms with van der Waals surface area (Å²) in [6.45, 7) is 2.72. The van der Waals surface area contributed by atoms with E-state index >= 15 is 0 Å². The summed E-state index contributed by atoms with van der Waals surface area (Å²) >= 11 is 0. The smallest absolute Gasteiger partial charge is 0.409 e. The van der Waals surface area contributed by atoms with E-state index in [-0.39, 0.29) is 36.0 Å². The van der Waals surface area contributed by atoms with Gasteiger partial charge in [0.05, 0.1) is 19.3 Å². The van der Waals surface area contributed by atoms with Crippen molar-refractivity contribution >= 4 is 23.0 Å². The van der Waals surface area contributed by atoms with Crippen molar-refractivity contribution in [3.05, 3.63) is 35.8 Å². The minimum atomic E-state index is -0.494. The SMILES string of the molecule is O=C(OC[C@H]1CCCCN1C(=O)c1cc2cccc(F)c2o1)N1CCOCC1. The van der Waals surface area contributed by atoms with Gasteiger partial charge < -0.3 is 23.7 Å². The van der Waals surface area contributed by atoms with Crippen LogP contribution in [0.4, 0.5) is 9.18 Å². The third-order valence-electron chi connectivity index (χ3n) is 5.26. The normalized spacial score (nSPS) is 20.4. The molecule has 150 valence electrons. The van der Waals surface area contributed by atoms with Crippen molar-refractivity contribution in [2.45, 2.75) is 25.3 Å². The minimum Gasteiger partial charge on any atom is -0.448 e. The van der Waals surface area contributed by atoms with Crippen molar-refractivity contribution in [1.82, 2.24) is 9.80 Å². The van der Waals surface area contributed by atoms with Gasteiger partial charge >= 0.3 is 6.09 Å². The standard InChI is InChI=1S/C20H23FN2O5/c21-16-6-3-4-14-12-17(28-18(14)16)19(24)23-7-2-1-5-15(23)13-27-20(25)22-8-10-26-11-9-22/h3-4,6,12,15H,1-2,5,7-11,13H2/t15-/m1/s1. The van der Waals surface area contributed by atoms with Crippen molar-refractivity contribution in [2.24, 2.45) is 0 Å². The molecule has 2 amide bonds. The van der Waals surface area contributed by atoms with E-state index in [0.717, 1.165) is 19.3 Å². The molecule has 0 spiro atoms. The Morgan fingerprint density at radius 2 is 2.00 bits per heavy atom. The van der Waals surface area contributed by atoms with Gasteiger partial charge in [0.25, 0.3) is 5.91 Å². The van der Waals surface area contributed by atoms with Crippen molar-refractivity contribution < 1.29 is 27.9 Å². The number of benzene rings is 1. The van der Waals surface area contributed by atoms with Crippen LogP contribution in [0.1, 0.15) is 29.8 Å². The molecule has 0 aliphatic carbocycles. The molecule has 4 rings (SSSR count). The van der Waals surface area contributed by atoms with Gasteiger partial charge in [-0.2, -0.15) is 0 Å². The van der Waals surface area contributed by atoms with E-state index in [9.17, 15) is 14.0 Å². The van der Waals surface area contributed by atoms with Gasteiger partial charge in [0.15, 0.2) is 17.2 Å². The van der Waals surface area contributed by atoms with E-state index in [1.54, 1.807) is 28.0 Å². The van der Waals surface area contributed by atoms with Crippen LogP contribution in [0.25, 0.3) is 11.0 Å². The van der Waals surface area contributed by atoms with E-state index in [2.05, 4.69) is 0 Å². The molecule has 2 saturated heterocycles. The number of likely N-dealkylation sites (tertiary alicyclic amines) is 1. The number of fused-ring (bicyclic) bond motifs is 1. The first kappa shape index (κ1) is 18.7. The number of furan rings is 1. The van der Waals surface area contributed by atoms with Crippen LogP contribution in [-0.2, 0) is 9.47 Å². The first-order valence-electron chi connectivity index (χ1n) is 9.62. The van der Waals surface area contributed by atoms with Gasteiger partial charge in [-0.05, 0) is 31.4 Å². The number of morpholine rings is 1. The van der Waals surface area contributed by atoms with Crippen LogP contribution in [0.15, 0.2) is 28.7 Å². The third kappa shape index (κ3) is 3.82. The first-order chi connectivity index (χ1) is 13.6. The minimum absolute atomic E-state index is 0.0816. The molecule has 8 heteroatoms. The lowest BCUT2D eigenvalue weighted by Crippen LogP contribution is -2.48. The summed E-state index contributed by atoms with van der Waals surface area (Å²) in [6.07, 6.45) is 2.19. The number of piperidine rings is 1. The lowest BCUT2D eigenvalue weighted by Gasteiger charge is -2.35. The Bertz CT molecular complexity index is 861. The predicted octanol–water partition coefficient (Wildman–Crippen LogP) is 3.04. The Hall–Kier alpha value is -2.61. The average Bonchev–Trinajstić information content (AvgIpc) is 3.18. The van der Waals surface area contributed by atoms with E-state index in [4.69, 9.17) is 13.9 Å². The summed E-state index contributed by atoms with van der Waals surface area (Å²) in [5.74, 6) is -0.694. The molecule has 2 fully saturated rings. The summed E-state index contributed by atoms with van der Waals surface area (Å²) in [6, 6.07) is 5.93. The quantitative estimate of drug-likeness (QED) is 0.806. The van der Waals surface area contributed by atoms with Crippen molar-refractivity contribution in [3.63, 3.8) is 0 Å². The molecule has 3 heterocycles. The fourth-order valence-corrected chi connectivity index (χ4v) is 3.72. The largest absolute Gasteiger partial charge is 0.448 e. The van der Waals surface area contributed by atoms with Gasteiger partial charge in [0.1, 0.15) is 6.61 Å². The molecule has 2 aliphatic rings. The lowest BCUT2D eigenvalue weighted by atomic mass is 10.0. The molecule has 1 atom stereocenters. The molecule has 28 heavy (non-hydrogen) atoms. The monoisotopic (exact) mass is 390 g/mol. The Morgan fingerprint density at radius 1 is 1.18 bits per heavy atom. The van der Waals surface area contributed by atoms with E-state index in [1.807, 2.05) is 0 Å². The molecule has 0 N–H and O–H groups in total. The highest BCUT2D eigenvalue weighted by atomic mass is 19.1. The highest BCUT2D eigenvalue weighted by molar-refractivity contribution is 5.96. The van der Waals surface area contributed by atoms with Gasteiger partial charge in [-0.3, -0.25) is 4.79 Å². The number of ether oxygens (including phenoxy) is 2. The van der Waals surface area contributed by atoms with Crippen LogP contribution in [0.3, 0.4) is 0 Å². The first-order valence-corrected chi connectivity index (χ1v) is 9.62. The molecule has 1 aromatic carbocycles. The molecular formula is C20H23FN2O5. The van der Waals surface area contributed by atoms with Gasteiger partial charge in [-0.15, -0.1) is 0 Å². The number of amides is 2. The summed E-state index contributed by atoms with van der Waals surface area (Å²) in [7, 11) is 0. The number of hydrogen-bond donors (Lipinski definition) is 0. The van der Waals surface area contributed by atoms with Gasteiger partial charge in [-0.1, -0.05) is 12.1 Å². The maximum absolute atomic E-state index is 13.9. The van der Waals surface area contributed by atoms with E-state index < -0.39 is 5.82 Å². The zero-order chi connectivity index (χ0) is 19.5. The number of carbonyl (C=O) groups is 2. The summed E-state index contributed by atoms with van der Waals surface area (Å²) < 4.78 is 30.1. The number of para-hydroxylation sites is 1. The molecule has 7 nitrogen and oxygen atoms in total. The predicted molar refractivity (Wildman–Crippen MR) is 98.6 cm³/mol. The van der Waals surface area contributed by atoms with Crippen molar-refractivity contribution in [1.29, 1.82) is 0 Å². The molecule has 0 bridgehead atoms. The Kier molecular flexibility index (Phi) is 5.47. The molecular weight excluding hydrogens is 367 g/mol. The lowest BCUT2D eigenvalue weighted by molar-refractivity contribution is 0.0124. The fraction of sp³-hybridized carbons (Fsp3) is 0.500. The molecule has 2 aliphatic heterocycles. The zero-order valence-electron chi connectivity index (χ0n) is 15.6. The second kappa shape index (κ2) is 8.18. The van der Waals surface area contributed by atoms with Gasteiger partial charge in [0.2, 0.25) is 0 Å². The molecule has 1 aromatic heterocycles. The average molecular weight is 390 g/mol. The second-order valence-corrected chi connectivity index (χ2v) is 7.09. The van der Waals surface area contributed by atoms with Crippen LogP contribution >= 0.6 is 0 Å².